The van der Waals surface area contributed by atoms with Gasteiger partial charge in [0.1, 0.15) is 12.3 Å². The molecule has 8 nitrogen and oxygen atoms in total. The Hall–Kier alpha value is -2.24. The third kappa shape index (κ3) is 10.5. The van der Waals surface area contributed by atoms with Crippen molar-refractivity contribution in [2.45, 2.75) is 18.1 Å². The van der Waals surface area contributed by atoms with Crippen LogP contribution in [0.4, 0.5) is 0 Å². The predicted octanol–water partition coefficient (Wildman–Crippen LogP) is 1.84. The zero-order chi connectivity index (χ0) is 20.2. The second kappa shape index (κ2) is 12.2. The van der Waals surface area contributed by atoms with Gasteiger partial charge < -0.3 is 15.8 Å². The smallest absolute Gasteiger partial charge is 0.264 e. The van der Waals surface area contributed by atoms with Gasteiger partial charge in [-0.1, -0.05) is 17.7 Å². The molecule has 0 bridgehead atoms. The van der Waals surface area contributed by atoms with E-state index in [4.69, 9.17) is 21.9 Å². The van der Waals surface area contributed by atoms with Crippen LogP contribution >= 0.6 is 23.3 Å². The molecule has 2 aromatic rings. The third-order valence-electron chi connectivity index (χ3n) is 2.98. The quantitative estimate of drug-likeness (QED) is 0.176. The van der Waals surface area contributed by atoms with Gasteiger partial charge in [-0.25, -0.2) is 11.3 Å². The molecule has 1 aromatic heterocycles. The van der Waals surface area contributed by atoms with Gasteiger partial charge >= 0.3 is 0 Å². The molecule has 1 heterocycles. The number of hydrogen-bond acceptors (Lipinski definition) is 9. The van der Waals surface area contributed by atoms with Crippen LogP contribution in [0, 0.1) is 13.8 Å². The largest absolute Gasteiger partial charge is 0.508 e. The van der Waals surface area contributed by atoms with Gasteiger partial charge in [-0.15, -0.1) is 11.3 Å². The summed E-state index contributed by atoms with van der Waals surface area (Å²) >= 11 is 3.17. The number of aryl methyl sites for hydroxylation is 2. The van der Waals surface area contributed by atoms with Crippen LogP contribution in [0.15, 0.2) is 52.5 Å². The number of nitrogens with one attached hydrogen (secondary N) is 2. The van der Waals surface area contributed by atoms with Crippen LogP contribution in [0.1, 0.15) is 10.4 Å². The lowest BCUT2D eigenvalue weighted by Crippen LogP contribution is -2.37. The fourth-order valence-electron chi connectivity index (χ4n) is 1.71. The minimum atomic E-state index is -0.608. The number of amides is 1. The van der Waals surface area contributed by atoms with E-state index in [2.05, 4.69) is 4.72 Å². The van der Waals surface area contributed by atoms with E-state index in [0.29, 0.717) is 18.0 Å². The molecule has 10 heteroatoms. The highest BCUT2D eigenvalue weighted by Gasteiger charge is 2.03. The zero-order valence-electron chi connectivity index (χ0n) is 15.2. The monoisotopic (exact) mass is 411 g/mol. The van der Waals surface area contributed by atoms with Crippen molar-refractivity contribution in [2.24, 2.45) is 11.6 Å². The van der Waals surface area contributed by atoms with Crippen molar-refractivity contribution in [3.63, 3.8) is 0 Å². The topological polar surface area (TPSA) is 137 Å². The van der Waals surface area contributed by atoms with E-state index in [1.807, 2.05) is 38.1 Å². The number of benzene rings is 1. The summed E-state index contributed by atoms with van der Waals surface area (Å²) in [6.07, 6.45) is 1.43. The molecule has 0 aliphatic carbocycles. The van der Waals surface area contributed by atoms with Crippen LogP contribution in [-0.4, -0.2) is 34.3 Å². The number of thiophene rings is 1. The molecule has 0 radical (unpaired) electrons. The predicted molar refractivity (Wildman–Crippen MR) is 109 cm³/mol. The number of nitrogens with two attached hydrogens (primary N) is 2. The van der Waals surface area contributed by atoms with Crippen molar-refractivity contribution >= 4 is 29.2 Å². The minimum absolute atomic E-state index is 0.172. The number of hydrazine groups is 1. The number of carbonyl (C=O) groups excluding carboxylic acids is 1. The zero-order valence-corrected chi connectivity index (χ0v) is 16.8. The number of phenols is 1. The van der Waals surface area contributed by atoms with Crippen molar-refractivity contribution in [3.05, 3.63) is 58.7 Å². The van der Waals surface area contributed by atoms with E-state index >= 15 is 0 Å². The third-order valence-corrected chi connectivity index (χ3v) is 4.90. The minimum Gasteiger partial charge on any atom is -0.508 e. The molecular weight excluding hydrogens is 386 g/mol. The molecular formula is C17H25N5O3S2. The van der Waals surface area contributed by atoms with Gasteiger partial charge in [-0.3, -0.25) is 14.7 Å². The fourth-order valence-corrected chi connectivity index (χ4v) is 3.55. The van der Waals surface area contributed by atoms with E-state index in [9.17, 15) is 4.79 Å². The van der Waals surface area contributed by atoms with Gasteiger partial charge in [-0.2, -0.15) is 0 Å². The Labute approximate surface area is 166 Å². The lowest BCUT2D eigenvalue weighted by Gasteiger charge is -2.13. The molecule has 0 unspecified atom stereocenters. The summed E-state index contributed by atoms with van der Waals surface area (Å²) in [5.74, 6) is 5.23. The van der Waals surface area contributed by atoms with Crippen molar-refractivity contribution in [3.8, 4) is 5.75 Å². The van der Waals surface area contributed by atoms with Crippen molar-refractivity contribution in [1.82, 2.24) is 15.2 Å². The number of aromatic hydroxyl groups is 1. The molecule has 0 atom stereocenters. The summed E-state index contributed by atoms with van der Waals surface area (Å²) in [5, 5.41) is 18.2. The van der Waals surface area contributed by atoms with Gasteiger partial charge in [0.25, 0.3) is 5.91 Å². The first-order valence-corrected chi connectivity index (χ1v) is 9.55. The number of rotatable bonds is 7. The molecule has 1 amide bonds. The first-order chi connectivity index (χ1) is 12.8. The van der Waals surface area contributed by atoms with E-state index < -0.39 is 5.91 Å². The molecule has 8 N–H and O–H groups in total. The summed E-state index contributed by atoms with van der Waals surface area (Å²) in [6.45, 7) is 4.28. The Bertz CT molecular complexity index is 713. The first kappa shape index (κ1) is 22.8. The molecule has 2 rings (SSSR count). The Morgan fingerprint density at radius 2 is 1.93 bits per heavy atom. The van der Waals surface area contributed by atoms with Crippen LogP contribution in [-0.2, 0) is 4.79 Å². The second-order valence-corrected chi connectivity index (χ2v) is 8.01. The summed E-state index contributed by atoms with van der Waals surface area (Å²) in [5.41, 5.74) is 8.87. The Balaban J connectivity index is 0.000000377. The number of phenolic OH excluding ortho intramolecular Hbond substituents is 1. The summed E-state index contributed by atoms with van der Waals surface area (Å²) in [6, 6.07) is 11.2. The number of hydrogen-bond donors (Lipinski definition) is 6. The molecule has 0 aliphatic heterocycles. The van der Waals surface area contributed by atoms with Crippen molar-refractivity contribution in [1.29, 1.82) is 0 Å². The van der Waals surface area contributed by atoms with Crippen LogP contribution < -0.4 is 21.8 Å². The standard InChI is InChI=1S/C10H17N5O2S2.C7H8O/c1-7-2-3-10(18-7)19-13-4-8(11)5-15(12)6-9(16)14-17;1-6-2-4-7(8)5-3-6/h2-3,5,13,17H,4,6,11-12H2,1H3,(H,14,16);2-5,8H,1H3/b8-5-;. The average Bonchev–Trinajstić information content (AvgIpc) is 3.03. The molecule has 27 heavy (non-hydrogen) atoms. The van der Waals surface area contributed by atoms with Gasteiger partial charge in [0, 0.05) is 23.3 Å². The van der Waals surface area contributed by atoms with Gasteiger partial charge in [0.15, 0.2) is 0 Å². The molecule has 0 saturated heterocycles. The van der Waals surface area contributed by atoms with Crippen LogP contribution in [0.3, 0.4) is 0 Å². The number of hydroxylamine groups is 1. The molecule has 148 valence electrons. The van der Waals surface area contributed by atoms with E-state index in [1.54, 1.807) is 23.5 Å². The summed E-state index contributed by atoms with van der Waals surface area (Å²) in [7, 11) is 0. The maximum absolute atomic E-state index is 10.8. The maximum Gasteiger partial charge on any atom is 0.264 e. The summed E-state index contributed by atoms with van der Waals surface area (Å²) < 4.78 is 4.24. The molecule has 0 spiro atoms. The summed E-state index contributed by atoms with van der Waals surface area (Å²) in [4.78, 5) is 12.1. The Kier molecular flexibility index (Phi) is 10.3. The Morgan fingerprint density at radius 1 is 1.26 bits per heavy atom. The number of nitrogens with zero attached hydrogens (tertiary/aromatic N) is 1. The van der Waals surface area contributed by atoms with Crippen molar-refractivity contribution < 1.29 is 15.1 Å². The van der Waals surface area contributed by atoms with Crippen molar-refractivity contribution in [2.75, 3.05) is 13.1 Å². The lowest BCUT2D eigenvalue weighted by atomic mass is 10.2. The fraction of sp³-hybridized carbons (Fsp3) is 0.235. The lowest BCUT2D eigenvalue weighted by molar-refractivity contribution is -0.129. The Morgan fingerprint density at radius 3 is 2.44 bits per heavy atom. The van der Waals surface area contributed by atoms with Gasteiger partial charge in [0.2, 0.25) is 0 Å². The van der Waals surface area contributed by atoms with E-state index in [-0.39, 0.29) is 6.54 Å². The van der Waals surface area contributed by atoms with Crippen LogP contribution in [0.25, 0.3) is 0 Å². The van der Waals surface area contributed by atoms with E-state index in [0.717, 1.165) is 9.22 Å². The molecule has 0 saturated carbocycles. The molecule has 1 aromatic carbocycles. The van der Waals surface area contributed by atoms with E-state index in [1.165, 1.54) is 34.1 Å². The second-order valence-electron chi connectivity index (χ2n) is 5.54. The van der Waals surface area contributed by atoms with Crippen LogP contribution in [0.2, 0.25) is 0 Å². The normalized spacial score (nSPS) is 10.7. The van der Waals surface area contributed by atoms with Crippen LogP contribution in [0.5, 0.6) is 5.75 Å². The molecule has 0 fully saturated rings. The number of carbonyl (C=O) groups is 1. The van der Waals surface area contributed by atoms with Gasteiger partial charge in [-0.05, 0) is 50.1 Å². The average molecular weight is 412 g/mol. The molecule has 0 aliphatic rings. The highest BCUT2D eigenvalue weighted by Crippen LogP contribution is 2.24. The highest BCUT2D eigenvalue weighted by atomic mass is 32.2. The highest BCUT2D eigenvalue weighted by molar-refractivity contribution is 7.99. The maximum atomic E-state index is 10.8. The van der Waals surface area contributed by atoms with Gasteiger partial charge in [0.05, 0.1) is 4.21 Å². The SMILES string of the molecule is Cc1ccc(O)cc1.Cc1ccc(SNC/C(N)=C/N(N)CC(=O)NO)s1. The first-order valence-electron chi connectivity index (χ1n) is 7.92.